The van der Waals surface area contributed by atoms with Crippen molar-refractivity contribution < 1.29 is 18.6 Å². The van der Waals surface area contributed by atoms with Gasteiger partial charge in [-0.05, 0) is 29.8 Å². The fourth-order valence-corrected chi connectivity index (χ4v) is 3.68. The summed E-state index contributed by atoms with van der Waals surface area (Å²) in [7, 11) is 4.64. The van der Waals surface area contributed by atoms with Crippen molar-refractivity contribution in [2.24, 2.45) is 0 Å². The van der Waals surface area contributed by atoms with E-state index in [-0.39, 0.29) is 0 Å². The highest BCUT2D eigenvalue weighted by atomic mass is 19.1. The number of ether oxygens (including phenoxy) is 3. The Morgan fingerprint density at radius 3 is 2.45 bits per heavy atom. The van der Waals surface area contributed by atoms with Gasteiger partial charge in [0, 0.05) is 29.3 Å². The molecule has 3 aromatic heterocycles. The van der Waals surface area contributed by atoms with Crippen LogP contribution in [0, 0.1) is 5.95 Å². The lowest BCUT2D eigenvalue weighted by Crippen LogP contribution is -2.00. The van der Waals surface area contributed by atoms with Gasteiger partial charge in [0.25, 0.3) is 0 Å². The van der Waals surface area contributed by atoms with Crippen LogP contribution in [0.25, 0.3) is 39.1 Å². The average molecular weight is 446 g/mol. The number of nitrogens with one attached hydrogen (secondary N) is 1. The summed E-state index contributed by atoms with van der Waals surface area (Å²) in [6, 6.07) is 12.4. The van der Waals surface area contributed by atoms with Crippen LogP contribution in [0.5, 0.6) is 17.2 Å². The van der Waals surface area contributed by atoms with Crippen molar-refractivity contribution in [2.45, 2.75) is 0 Å². The molecule has 0 saturated heterocycles. The molecule has 9 nitrogen and oxygen atoms in total. The van der Waals surface area contributed by atoms with Gasteiger partial charge in [-0.2, -0.15) is 9.49 Å². The number of methoxy groups -OCH3 is 3. The molecule has 0 aliphatic rings. The molecule has 166 valence electrons. The van der Waals surface area contributed by atoms with E-state index in [1.165, 1.54) is 6.20 Å². The molecule has 33 heavy (non-hydrogen) atoms. The van der Waals surface area contributed by atoms with E-state index in [0.717, 1.165) is 10.9 Å². The molecule has 0 bridgehead atoms. The van der Waals surface area contributed by atoms with Crippen molar-refractivity contribution in [3.63, 3.8) is 0 Å². The third-order valence-electron chi connectivity index (χ3n) is 5.28. The maximum absolute atomic E-state index is 14.2. The molecule has 0 aliphatic heterocycles. The predicted octanol–water partition coefficient (Wildman–Crippen LogP) is 4.04. The molecule has 5 rings (SSSR count). The zero-order chi connectivity index (χ0) is 22.9. The smallest absolute Gasteiger partial charge is 0.220 e. The molecule has 0 amide bonds. The third-order valence-corrected chi connectivity index (χ3v) is 5.28. The first kappa shape index (κ1) is 20.4. The molecule has 0 fully saturated rings. The summed E-state index contributed by atoms with van der Waals surface area (Å²) in [6.45, 7) is 0. The van der Waals surface area contributed by atoms with Gasteiger partial charge in [-0.15, -0.1) is 5.10 Å². The van der Waals surface area contributed by atoms with E-state index in [9.17, 15) is 4.39 Å². The maximum atomic E-state index is 14.2. The molecule has 5 aromatic rings. The number of aromatic amines is 1. The molecule has 2 aromatic carbocycles. The van der Waals surface area contributed by atoms with Gasteiger partial charge in [-0.25, -0.2) is 9.67 Å². The fourth-order valence-electron chi connectivity index (χ4n) is 3.68. The lowest BCUT2D eigenvalue weighted by Gasteiger charge is -2.13. The highest BCUT2D eigenvalue weighted by Crippen LogP contribution is 2.39. The number of H-pyrrole nitrogens is 1. The van der Waals surface area contributed by atoms with E-state index in [1.807, 2.05) is 18.2 Å². The maximum Gasteiger partial charge on any atom is 0.220 e. The molecule has 0 atom stereocenters. The lowest BCUT2D eigenvalue weighted by atomic mass is 10.0. The molecule has 10 heteroatoms. The van der Waals surface area contributed by atoms with Crippen LogP contribution in [0.1, 0.15) is 0 Å². The van der Waals surface area contributed by atoms with Crippen molar-refractivity contribution in [3.05, 3.63) is 60.8 Å². The quantitative estimate of drug-likeness (QED) is 0.393. The first-order valence-corrected chi connectivity index (χ1v) is 9.95. The second-order valence-corrected chi connectivity index (χ2v) is 7.11. The standard InChI is InChI=1S/C23H19FN6O3/c1-31-19-10-14(11-20(32-2)22(19)33-3)30-12-18(27-29-30)21-16-9-13(6-7-17(16)26-28-21)15-5-4-8-25-23(15)24/h4-12H,1-3H3,(H,26,28). The summed E-state index contributed by atoms with van der Waals surface area (Å²) in [5.74, 6) is 0.947. The minimum Gasteiger partial charge on any atom is -0.493 e. The first-order chi connectivity index (χ1) is 16.1. The number of hydrogen-bond donors (Lipinski definition) is 1. The van der Waals surface area contributed by atoms with Crippen LogP contribution >= 0.6 is 0 Å². The summed E-state index contributed by atoms with van der Waals surface area (Å²) in [5, 5.41) is 16.7. The molecule has 0 radical (unpaired) electrons. The Labute approximate surface area is 187 Å². The molecule has 0 aliphatic carbocycles. The Hall–Kier alpha value is -4.47. The summed E-state index contributed by atoms with van der Waals surface area (Å²) in [6.07, 6.45) is 3.16. The monoisotopic (exact) mass is 446 g/mol. The lowest BCUT2D eigenvalue weighted by molar-refractivity contribution is 0.324. The van der Waals surface area contributed by atoms with Gasteiger partial charge >= 0.3 is 0 Å². The van der Waals surface area contributed by atoms with Gasteiger partial charge in [0.2, 0.25) is 11.7 Å². The second kappa shape index (κ2) is 8.23. The van der Waals surface area contributed by atoms with Gasteiger partial charge in [-0.1, -0.05) is 11.3 Å². The molecule has 1 N–H and O–H groups in total. The predicted molar refractivity (Wildman–Crippen MR) is 119 cm³/mol. The van der Waals surface area contributed by atoms with E-state index in [1.54, 1.807) is 56.5 Å². The van der Waals surface area contributed by atoms with Crippen LogP contribution in [-0.2, 0) is 0 Å². The van der Waals surface area contributed by atoms with Crippen molar-refractivity contribution in [2.75, 3.05) is 21.3 Å². The van der Waals surface area contributed by atoms with E-state index in [4.69, 9.17) is 14.2 Å². The largest absolute Gasteiger partial charge is 0.493 e. The zero-order valence-corrected chi connectivity index (χ0v) is 18.0. The highest BCUT2D eigenvalue weighted by molar-refractivity contribution is 5.94. The van der Waals surface area contributed by atoms with Crippen LogP contribution in [0.3, 0.4) is 0 Å². The number of nitrogens with zero attached hydrogens (tertiary/aromatic N) is 5. The van der Waals surface area contributed by atoms with Crippen molar-refractivity contribution in [3.8, 4) is 45.5 Å². The van der Waals surface area contributed by atoms with E-state index >= 15 is 0 Å². The number of fused-ring (bicyclic) bond motifs is 1. The zero-order valence-electron chi connectivity index (χ0n) is 18.0. The normalized spacial score (nSPS) is 11.0. The van der Waals surface area contributed by atoms with Gasteiger partial charge in [0.05, 0.1) is 38.7 Å². The summed E-state index contributed by atoms with van der Waals surface area (Å²) < 4.78 is 32.0. The van der Waals surface area contributed by atoms with Crippen molar-refractivity contribution in [1.29, 1.82) is 0 Å². The Balaban J connectivity index is 1.58. The molecule has 0 unspecified atom stereocenters. The summed E-state index contributed by atoms with van der Waals surface area (Å²) >= 11 is 0. The number of hydrogen-bond acceptors (Lipinski definition) is 7. The Morgan fingerprint density at radius 1 is 0.970 bits per heavy atom. The van der Waals surface area contributed by atoms with E-state index in [0.29, 0.717) is 45.5 Å². The third kappa shape index (κ3) is 3.51. The number of rotatable bonds is 6. The molecule has 3 heterocycles. The fraction of sp³-hybridized carbons (Fsp3) is 0.130. The topological polar surface area (TPSA) is 100.0 Å². The van der Waals surface area contributed by atoms with Crippen LogP contribution in [0.15, 0.2) is 54.9 Å². The van der Waals surface area contributed by atoms with Gasteiger partial charge in [-0.3, -0.25) is 5.10 Å². The van der Waals surface area contributed by atoms with Gasteiger partial charge in [0.1, 0.15) is 11.4 Å². The van der Waals surface area contributed by atoms with Crippen LogP contribution in [-0.4, -0.2) is 51.5 Å². The van der Waals surface area contributed by atoms with Crippen LogP contribution in [0.4, 0.5) is 4.39 Å². The van der Waals surface area contributed by atoms with E-state index < -0.39 is 5.95 Å². The number of benzene rings is 2. The molecule has 0 spiro atoms. The van der Waals surface area contributed by atoms with E-state index in [2.05, 4.69) is 25.5 Å². The SMILES string of the molecule is COc1cc(-n2cc(-c3n[nH]c4ccc(-c5cccnc5F)cc34)nn2)cc(OC)c1OC. The molecular formula is C23H19FN6O3. The molecule has 0 saturated carbocycles. The highest BCUT2D eigenvalue weighted by Gasteiger charge is 2.18. The average Bonchev–Trinajstić information content (AvgIpc) is 3.50. The van der Waals surface area contributed by atoms with Gasteiger partial charge < -0.3 is 14.2 Å². The molecular weight excluding hydrogens is 427 g/mol. The Bertz CT molecular complexity index is 1440. The van der Waals surface area contributed by atoms with Crippen molar-refractivity contribution >= 4 is 10.9 Å². The Morgan fingerprint density at radius 2 is 1.76 bits per heavy atom. The minimum absolute atomic E-state index is 0.410. The second-order valence-electron chi connectivity index (χ2n) is 7.11. The first-order valence-electron chi connectivity index (χ1n) is 9.95. The number of halogens is 1. The number of pyridine rings is 1. The number of aromatic nitrogens is 6. The van der Waals surface area contributed by atoms with Crippen molar-refractivity contribution in [1.82, 2.24) is 30.2 Å². The van der Waals surface area contributed by atoms with Crippen LogP contribution in [0.2, 0.25) is 0 Å². The van der Waals surface area contributed by atoms with Gasteiger partial charge in [0.15, 0.2) is 11.5 Å². The Kier molecular flexibility index (Phi) is 5.09. The minimum atomic E-state index is -0.532. The van der Waals surface area contributed by atoms with Crippen LogP contribution < -0.4 is 14.2 Å². The summed E-state index contributed by atoms with van der Waals surface area (Å²) in [4.78, 5) is 3.74. The summed E-state index contributed by atoms with van der Waals surface area (Å²) in [5.41, 5.74) is 3.69.